The molecule has 0 unspecified atom stereocenters. The first-order chi connectivity index (χ1) is 10.6. The number of esters is 1. The average molecular weight is 312 g/mol. The van der Waals surface area contributed by atoms with Crippen molar-refractivity contribution in [2.75, 3.05) is 27.7 Å². The Bertz CT molecular complexity index is 304. The molecule has 1 rings (SSSR count). The second-order valence-corrected chi connectivity index (χ2v) is 7.34. The van der Waals surface area contributed by atoms with Crippen molar-refractivity contribution in [2.45, 2.75) is 71.1 Å². The van der Waals surface area contributed by atoms with Crippen LogP contribution >= 0.6 is 0 Å². The molecule has 0 N–H and O–H groups in total. The first-order valence-electron chi connectivity index (χ1n) is 9.30. The molecule has 1 saturated carbocycles. The van der Waals surface area contributed by atoms with Gasteiger partial charge in [-0.25, -0.2) is 0 Å². The maximum absolute atomic E-state index is 11.7. The van der Waals surface area contributed by atoms with Gasteiger partial charge in [-0.2, -0.15) is 0 Å². The molecular formula is C19H37NO2. The number of rotatable bonds is 11. The van der Waals surface area contributed by atoms with Crippen molar-refractivity contribution >= 4 is 5.97 Å². The summed E-state index contributed by atoms with van der Waals surface area (Å²) in [6, 6.07) is 0. The topological polar surface area (TPSA) is 29.5 Å². The summed E-state index contributed by atoms with van der Waals surface area (Å²) in [6.45, 7) is 3.46. The molecule has 3 heteroatoms. The number of nitrogens with zero attached hydrogens (tertiary/aromatic N) is 1. The van der Waals surface area contributed by atoms with Gasteiger partial charge in [0.25, 0.3) is 0 Å². The van der Waals surface area contributed by atoms with E-state index in [0.717, 1.165) is 11.8 Å². The molecule has 130 valence electrons. The van der Waals surface area contributed by atoms with E-state index >= 15 is 0 Å². The number of hydrogen-bond donors (Lipinski definition) is 0. The fourth-order valence-electron chi connectivity index (χ4n) is 4.09. The molecule has 0 radical (unpaired) electrons. The van der Waals surface area contributed by atoms with E-state index in [1.165, 1.54) is 71.4 Å². The molecule has 0 aromatic heterocycles. The van der Waals surface area contributed by atoms with Crippen LogP contribution in [0.2, 0.25) is 0 Å². The summed E-state index contributed by atoms with van der Waals surface area (Å²) in [4.78, 5) is 13.9. The zero-order chi connectivity index (χ0) is 16.4. The van der Waals surface area contributed by atoms with E-state index < -0.39 is 0 Å². The molecule has 3 atom stereocenters. The molecule has 0 aliphatic heterocycles. The Kier molecular flexibility index (Phi) is 9.77. The summed E-state index contributed by atoms with van der Waals surface area (Å²) in [6.07, 6.45) is 12.4. The van der Waals surface area contributed by atoms with Crippen LogP contribution in [-0.2, 0) is 9.53 Å². The Morgan fingerprint density at radius 2 is 1.73 bits per heavy atom. The van der Waals surface area contributed by atoms with Gasteiger partial charge in [0.2, 0.25) is 0 Å². The van der Waals surface area contributed by atoms with Crippen molar-refractivity contribution < 1.29 is 9.53 Å². The van der Waals surface area contributed by atoms with E-state index in [-0.39, 0.29) is 5.97 Å². The third-order valence-electron chi connectivity index (χ3n) is 5.35. The molecular weight excluding hydrogens is 274 g/mol. The predicted octanol–water partition coefficient (Wildman–Crippen LogP) is 4.50. The van der Waals surface area contributed by atoms with Crippen LogP contribution in [0, 0.1) is 17.8 Å². The second kappa shape index (κ2) is 11.0. The van der Waals surface area contributed by atoms with Gasteiger partial charge in [0.1, 0.15) is 0 Å². The monoisotopic (exact) mass is 311 g/mol. The highest BCUT2D eigenvalue weighted by Crippen LogP contribution is 2.44. The molecule has 0 heterocycles. The normalized spacial score (nSPS) is 24.9. The summed E-state index contributed by atoms with van der Waals surface area (Å²) >= 11 is 0. The second-order valence-electron chi connectivity index (χ2n) is 7.34. The van der Waals surface area contributed by atoms with E-state index in [1.807, 2.05) is 0 Å². The van der Waals surface area contributed by atoms with Crippen LogP contribution in [0.5, 0.6) is 0 Å². The number of hydrogen-bond acceptors (Lipinski definition) is 3. The summed E-state index contributed by atoms with van der Waals surface area (Å²) in [5, 5.41) is 0. The number of ether oxygens (including phenoxy) is 1. The lowest BCUT2D eigenvalue weighted by Gasteiger charge is -2.25. The van der Waals surface area contributed by atoms with Crippen LogP contribution < -0.4 is 0 Å². The highest BCUT2D eigenvalue weighted by molar-refractivity contribution is 5.69. The maximum Gasteiger partial charge on any atom is 0.305 e. The first-order valence-corrected chi connectivity index (χ1v) is 9.30. The Hall–Kier alpha value is -0.570. The summed E-state index contributed by atoms with van der Waals surface area (Å²) in [7, 11) is 5.81. The third-order valence-corrected chi connectivity index (χ3v) is 5.35. The van der Waals surface area contributed by atoms with Crippen LogP contribution in [0.3, 0.4) is 0 Å². The van der Waals surface area contributed by atoms with Gasteiger partial charge < -0.3 is 9.64 Å². The Balaban J connectivity index is 2.44. The Morgan fingerprint density at radius 1 is 1.05 bits per heavy atom. The van der Waals surface area contributed by atoms with E-state index in [2.05, 4.69) is 25.9 Å². The van der Waals surface area contributed by atoms with Gasteiger partial charge in [-0.05, 0) is 64.1 Å². The lowest BCUT2D eigenvalue weighted by Crippen LogP contribution is -2.19. The van der Waals surface area contributed by atoms with Crippen molar-refractivity contribution in [2.24, 2.45) is 17.8 Å². The minimum absolute atomic E-state index is 0.0150. The molecule has 3 nitrogen and oxygen atoms in total. The highest BCUT2D eigenvalue weighted by atomic mass is 16.5. The molecule has 0 saturated heterocycles. The SMILES string of the molecule is CCCCC[C@@H]1[C@@H](CCCCN(C)C)CC[C@@H]1CC(=O)OC. The quantitative estimate of drug-likeness (QED) is 0.415. The van der Waals surface area contributed by atoms with Crippen molar-refractivity contribution in [1.29, 1.82) is 0 Å². The maximum atomic E-state index is 11.7. The lowest BCUT2D eigenvalue weighted by atomic mass is 9.81. The standard InChI is InChI=1S/C19H37NO2/c1-5-6-7-11-18-16(10-8-9-14-20(2)3)12-13-17(18)15-19(21)22-4/h16-18H,5-15H2,1-4H3/t16-,17+,18+/m0/s1. The Morgan fingerprint density at radius 3 is 2.36 bits per heavy atom. The summed E-state index contributed by atoms with van der Waals surface area (Å²) in [5.74, 6) is 2.15. The number of carbonyl (C=O) groups is 1. The first kappa shape index (κ1) is 19.5. The molecule has 0 spiro atoms. The van der Waals surface area contributed by atoms with E-state index in [1.54, 1.807) is 0 Å². The van der Waals surface area contributed by atoms with E-state index in [9.17, 15) is 4.79 Å². The number of unbranched alkanes of at least 4 members (excludes halogenated alkanes) is 3. The van der Waals surface area contributed by atoms with Gasteiger partial charge >= 0.3 is 5.97 Å². The van der Waals surface area contributed by atoms with Gasteiger partial charge in [-0.15, -0.1) is 0 Å². The van der Waals surface area contributed by atoms with Crippen LogP contribution in [0.1, 0.15) is 71.1 Å². The molecule has 1 fully saturated rings. The number of methoxy groups -OCH3 is 1. The van der Waals surface area contributed by atoms with Crippen LogP contribution in [0.4, 0.5) is 0 Å². The smallest absolute Gasteiger partial charge is 0.305 e. The highest BCUT2D eigenvalue weighted by Gasteiger charge is 2.36. The fourth-order valence-corrected chi connectivity index (χ4v) is 4.09. The van der Waals surface area contributed by atoms with Gasteiger partial charge in [0.05, 0.1) is 7.11 Å². The summed E-state index contributed by atoms with van der Waals surface area (Å²) in [5.41, 5.74) is 0. The molecule has 22 heavy (non-hydrogen) atoms. The minimum Gasteiger partial charge on any atom is -0.469 e. The van der Waals surface area contributed by atoms with Gasteiger partial charge in [-0.3, -0.25) is 4.79 Å². The zero-order valence-electron chi connectivity index (χ0n) is 15.3. The average Bonchev–Trinajstić information content (AvgIpc) is 2.86. The largest absolute Gasteiger partial charge is 0.469 e. The van der Waals surface area contributed by atoms with Crippen molar-refractivity contribution in [3.63, 3.8) is 0 Å². The van der Waals surface area contributed by atoms with Crippen molar-refractivity contribution in [3.8, 4) is 0 Å². The molecule has 0 aromatic carbocycles. The van der Waals surface area contributed by atoms with Crippen LogP contribution in [0.25, 0.3) is 0 Å². The number of carbonyl (C=O) groups excluding carboxylic acids is 1. The third kappa shape index (κ3) is 7.13. The predicted molar refractivity (Wildman–Crippen MR) is 92.9 cm³/mol. The fraction of sp³-hybridized carbons (Fsp3) is 0.947. The van der Waals surface area contributed by atoms with Crippen molar-refractivity contribution in [3.05, 3.63) is 0 Å². The van der Waals surface area contributed by atoms with Gasteiger partial charge in [0.15, 0.2) is 0 Å². The molecule has 1 aliphatic rings. The van der Waals surface area contributed by atoms with Crippen LogP contribution in [0.15, 0.2) is 0 Å². The zero-order valence-corrected chi connectivity index (χ0v) is 15.3. The van der Waals surface area contributed by atoms with Crippen LogP contribution in [-0.4, -0.2) is 38.6 Å². The van der Waals surface area contributed by atoms with Gasteiger partial charge in [0, 0.05) is 6.42 Å². The van der Waals surface area contributed by atoms with E-state index in [4.69, 9.17) is 4.74 Å². The molecule has 0 aromatic rings. The molecule has 1 aliphatic carbocycles. The summed E-state index contributed by atoms with van der Waals surface area (Å²) < 4.78 is 4.90. The van der Waals surface area contributed by atoms with E-state index in [0.29, 0.717) is 12.3 Å². The minimum atomic E-state index is -0.0150. The van der Waals surface area contributed by atoms with Crippen molar-refractivity contribution in [1.82, 2.24) is 4.90 Å². The molecule has 0 bridgehead atoms. The van der Waals surface area contributed by atoms with Gasteiger partial charge in [-0.1, -0.05) is 39.0 Å². The molecule has 0 amide bonds. The Labute approximate surface area is 137 Å². The lowest BCUT2D eigenvalue weighted by molar-refractivity contribution is -0.142.